The van der Waals surface area contributed by atoms with Crippen LogP contribution < -0.4 is 0 Å². The summed E-state index contributed by atoms with van der Waals surface area (Å²) in [5.41, 5.74) is 1.61. The highest BCUT2D eigenvalue weighted by molar-refractivity contribution is 6.36. The number of aliphatic hydroxyl groups excluding tert-OH is 1. The molecule has 0 unspecified atom stereocenters. The number of rotatable bonds is 9. The Labute approximate surface area is 139 Å². The second kappa shape index (κ2) is 9.68. The zero-order valence-electron chi connectivity index (χ0n) is 13.3. The van der Waals surface area contributed by atoms with E-state index < -0.39 is 6.10 Å². The molecule has 0 radical (unpaired) electrons. The van der Waals surface area contributed by atoms with Gasteiger partial charge in [0.2, 0.25) is 0 Å². The third kappa shape index (κ3) is 5.78. The van der Waals surface area contributed by atoms with Crippen molar-refractivity contribution < 1.29 is 5.11 Å². The van der Waals surface area contributed by atoms with Crippen LogP contribution in [0.4, 0.5) is 0 Å². The van der Waals surface area contributed by atoms with Crippen LogP contribution >= 0.6 is 23.2 Å². The van der Waals surface area contributed by atoms with E-state index in [1.54, 1.807) is 0 Å². The van der Waals surface area contributed by atoms with Crippen molar-refractivity contribution in [2.24, 2.45) is 0 Å². The molecule has 0 bridgehead atoms. The molecule has 0 saturated heterocycles. The Kier molecular flexibility index (Phi) is 8.65. The normalized spacial score (nSPS) is 12.9. The maximum absolute atomic E-state index is 10.5. The van der Waals surface area contributed by atoms with Crippen LogP contribution in [0.5, 0.6) is 0 Å². The van der Waals surface area contributed by atoms with Crippen molar-refractivity contribution in [1.82, 2.24) is 4.90 Å². The number of benzene rings is 1. The highest BCUT2D eigenvalue weighted by Gasteiger charge is 2.17. The van der Waals surface area contributed by atoms with E-state index in [0.717, 1.165) is 37.1 Å². The van der Waals surface area contributed by atoms with Crippen LogP contribution in [0.2, 0.25) is 10.0 Å². The Balaban J connectivity index is 2.76. The molecule has 1 aromatic rings. The Bertz CT molecular complexity index is 429. The van der Waals surface area contributed by atoms with Crippen molar-refractivity contribution in [3.8, 4) is 0 Å². The van der Waals surface area contributed by atoms with Crippen LogP contribution in [0, 0.1) is 6.92 Å². The van der Waals surface area contributed by atoms with Crippen molar-refractivity contribution in [3.63, 3.8) is 0 Å². The molecule has 1 atom stereocenters. The SMILES string of the molecule is CCCCN(CCCC)C[C@H](O)c1ccc(Cl)c(C)c1Cl. The van der Waals surface area contributed by atoms with Crippen LogP contribution in [-0.4, -0.2) is 29.6 Å². The molecular weight excluding hydrogens is 305 g/mol. The molecule has 120 valence electrons. The standard InChI is InChI=1S/C17H27Cl2NO/c1-4-6-10-20(11-7-5-2)12-16(21)14-8-9-15(18)13(3)17(14)19/h8-9,16,21H,4-7,10-12H2,1-3H3/t16-/m0/s1. The third-order valence-electron chi connectivity index (χ3n) is 3.80. The second-order valence-corrected chi connectivity index (χ2v) is 6.38. The van der Waals surface area contributed by atoms with E-state index in [2.05, 4.69) is 18.7 Å². The Morgan fingerprint density at radius 2 is 1.67 bits per heavy atom. The summed E-state index contributed by atoms with van der Waals surface area (Å²) in [4.78, 5) is 2.33. The number of hydrogen-bond acceptors (Lipinski definition) is 2. The van der Waals surface area contributed by atoms with Crippen molar-refractivity contribution >= 4 is 23.2 Å². The molecule has 1 aromatic carbocycles. The van der Waals surface area contributed by atoms with Gasteiger partial charge < -0.3 is 10.0 Å². The van der Waals surface area contributed by atoms with Gasteiger partial charge in [-0.3, -0.25) is 0 Å². The average molecular weight is 332 g/mol. The fourth-order valence-electron chi connectivity index (χ4n) is 2.34. The Morgan fingerprint density at radius 3 is 2.19 bits per heavy atom. The molecule has 2 nitrogen and oxygen atoms in total. The number of aliphatic hydroxyl groups is 1. The number of nitrogens with zero attached hydrogens (tertiary/aromatic N) is 1. The first-order valence-electron chi connectivity index (χ1n) is 7.86. The lowest BCUT2D eigenvalue weighted by molar-refractivity contribution is 0.111. The van der Waals surface area contributed by atoms with Gasteiger partial charge >= 0.3 is 0 Å². The number of halogens is 2. The predicted octanol–water partition coefficient (Wildman–Crippen LogP) is 5.24. The van der Waals surface area contributed by atoms with Crippen LogP contribution in [0.3, 0.4) is 0 Å². The summed E-state index contributed by atoms with van der Waals surface area (Å²) in [6.45, 7) is 8.94. The van der Waals surface area contributed by atoms with Gasteiger partial charge in [-0.2, -0.15) is 0 Å². The lowest BCUT2D eigenvalue weighted by Gasteiger charge is -2.25. The maximum atomic E-state index is 10.5. The quantitative estimate of drug-likeness (QED) is 0.669. The van der Waals surface area contributed by atoms with E-state index in [1.807, 2.05) is 19.1 Å². The zero-order chi connectivity index (χ0) is 15.8. The predicted molar refractivity (Wildman–Crippen MR) is 92.4 cm³/mol. The summed E-state index contributed by atoms with van der Waals surface area (Å²) in [5, 5.41) is 11.7. The highest BCUT2D eigenvalue weighted by atomic mass is 35.5. The van der Waals surface area contributed by atoms with Gasteiger partial charge in [-0.15, -0.1) is 0 Å². The van der Waals surface area contributed by atoms with Crippen LogP contribution in [0.15, 0.2) is 12.1 Å². The Hall–Kier alpha value is -0.280. The smallest absolute Gasteiger partial charge is 0.0931 e. The number of hydrogen-bond donors (Lipinski definition) is 1. The summed E-state index contributed by atoms with van der Waals surface area (Å²) in [6.07, 6.45) is 4.08. The first-order chi connectivity index (χ1) is 10.0. The van der Waals surface area contributed by atoms with E-state index in [9.17, 15) is 5.11 Å². The molecule has 0 fully saturated rings. The minimum Gasteiger partial charge on any atom is -0.387 e. The molecule has 1 N–H and O–H groups in total. The topological polar surface area (TPSA) is 23.5 Å². The lowest BCUT2D eigenvalue weighted by Crippen LogP contribution is -2.31. The molecule has 4 heteroatoms. The van der Waals surface area contributed by atoms with Crippen molar-refractivity contribution in [2.75, 3.05) is 19.6 Å². The van der Waals surface area contributed by atoms with Crippen molar-refractivity contribution in [2.45, 2.75) is 52.6 Å². The van der Waals surface area contributed by atoms with Crippen LogP contribution in [0.1, 0.15) is 56.8 Å². The van der Waals surface area contributed by atoms with E-state index in [-0.39, 0.29) is 0 Å². The zero-order valence-corrected chi connectivity index (χ0v) is 14.8. The molecule has 21 heavy (non-hydrogen) atoms. The Morgan fingerprint density at radius 1 is 1.10 bits per heavy atom. The first kappa shape index (κ1) is 18.8. The van der Waals surface area contributed by atoms with E-state index in [4.69, 9.17) is 23.2 Å². The van der Waals surface area contributed by atoms with E-state index in [1.165, 1.54) is 12.8 Å². The van der Waals surface area contributed by atoms with E-state index >= 15 is 0 Å². The van der Waals surface area contributed by atoms with E-state index in [0.29, 0.717) is 16.6 Å². The van der Waals surface area contributed by atoms with Crippen molar-refractivity contribution in [1.29, 1.82) is 0 Å². The molecule has 0 aromatic heterocycles. The van der Waals surface area contributed by atoms with Crippen LogP contribution in [0.25, 0.3) is 0 Å². The molecule has 0 saturated carbocycles. The summed E-state index contributed by atoms with van der Waals surface area (Å²) in [7, 11) is 0. The highest BCUT2D eigenvalue weighted by Crippen LogP contribution is 2.31. The van der Waals surface area contributed by atoms with Gasteiger partial charge in [0.25, 0.3) is 0 Å². The van der Waals surface area contributed by atoms with Crippen molar-refractivity contribution in [3.05, 3.63) is 33.3 Å². The molecule has 0 heterocycles. The summed E-state index contributed by atoms with van der Waals surface area (Å²) >= 11 is 12.4. The van der Waals surface area contributed by atoms with Gasteiger partial charge in [0.05, 0.1) is 11.1 Å². The molecule has 1 rings (SSSR count). The van der Waals surface area contributed by atoms with Gasteiger partial charge in [0.15, 0.2) is 0 Å². The monoisotopic (exact) mass is 331 g/mol. The lowest BCUT2D eigenvalue weighted by atomic mass is 10.1. The fraction of sp³-hybridized carbons (Fsp3) is 0.647. The van der Waals surface area contributed by atoms with Gasteiger partial charge in [0, 0.05) is 17.1 Å². The molecule has 0 aliphatic carbocycles. The van der Waals surface area contributed by atoms with Gasteiger partial charge in [-0.1, -0.05) is 56.0 Å². The second-order valence-electron chi connectivity index (χ2n) is 5.60. The first-order valence-corrected chi connectivity index (χ1v) is 8.61. The molecule has 0 aliphatic heterocycles. The molecule has 0 spiro atoms. The third-order valence-corrected chi connectivity index (χ3v) is 4.71. The largest absolute Gasteiger partial charge is 0.387 e. The van der Waals surface area contributed by atoms with Gasteiger partial charge in [-0.05, 0) is 44.5 Å². The minimum atomic E-state index is -0.567. The van der Waals surface area contributed by atoms with Crippen LogP contribution in [-0.2, 0) is 0 Å². The fourth-order valence-corrected chi connectivity index (χ4v) is 2.84. The average Bonchev–Trinajstić information content (AvgIpc) is 2.47. The summed E-state index contributed by atoms with van der Waals surface area (Å²) in [6, 6.07) is 3.64. The summed E-state index contributed by atoms with van der Waals surface area (Å²) < 4.78 is 0. The molecule has 0 aliphatic rings. The number of unbranched alkanes of at least 4 members (excludes halogenated alkanes) is 2. The van der Waals surface area contributed by atoms with Gasteiger partial charge in [-0.25, -0.2) is 0 Å². The molecular formula is C17H27Cl2NO. The minimum absolute atomic E-state index is 0.567. The maximum Gasteiger partial charge on any atom is 0.0931 e. The molecule has 0 amide bonds. The van der Waals surface area contributed by atoms with Gasteiger partial charge in [0.1, 0.15) is 0 Å². The summed E-state index contributed by atoms with van der Waals surface area (Å²) in [5.74, 6) is 0.